The summed E-state index contributed by atoms with van der Waals surface area (Å²) >= 11 is 0. The van der Waals surface area contributed by atoms with Crippen molar-refractivity contribution in [2.75, 3.05) is 0 Å². The summed E-state index contributed by atoms with van der Waals surface area (Å²) in [5.41, 5.74) is 2.73. The summed E-state index contributed by atoms with van der Waals surface area (Å²) in [4.78, 5) is 4.35. The van der Waals surface area contributed by atoms with Gasteiger partial charge in [0.1, 0.15) is 0 Å². The Morgan fingerprint density at radius 1 is 1.04 bits per heavy atom. The summed E-state index contributed by atoms with van der Waals surface area (Å²) in [6, 6.07) is 15.2. The van der Waals surface area contributed by atoms with Gasteiger partial charge in [0.05, 0.1) is 6.85 Å². The average molecular weight is 491 g/mol. The molecule has 4 rings (SSSR count). The van der Waals surface area contributed by atoms with Gasteiger partial charge in [-0.25, -0.2) is 11.1 Å². The maximum atomic E-state index is 8.16. The largest absolute Gasteiger partial charge is 0.362 e. The minimum atomic E-state index is -0.414. The number of nitrogens with zero attached hydrogens (tertiary/aromatic N) is 1. The third-order valence-electron chi connectivity index (χ3n) is 3.75. The molecule has 3 aromatic carbocycles. The number of fused-ring (bicyclic) bond motifs is 1. The maximum absolute atomic E-state index is 8.16. The molecule has 0 amide bonds. The SMILES string of the molecule is [2H]c1c([2H])c([2H])c(-c2n[c-]c(-c3[c-]ccc4ccccc34)cc2C)c([2H])c1[2H].[Ir]. The van der Waals surface area contributed by atoms with Gasteiger partial charge in [0.2, 0.25) is 0 Å². The second-order valence-electron chi connectivity index (χ2n) is 5.25. The summed E-state index contributed by atoms with van der Waals surface area (Å²) in [6.45, 7) is 1.81. The van der Waals surface area contributed by atoms with Gasteiger partial charge in [-0.15, -0.1) is 28.5 Å². The van der Waals surface area contributed by atoms with Gasteiger partial charge in [-0.1, -0.05) is 61.5 Å². The minimum absolute atomic E-state index is 0. The van der Waals surface area contributed by atoms with Crippen LogP contribution in [0.25, 0.3) is 33.2 Å². The zero-order valence-electron chi connectivity index (χ0n) is 17.8. The van der Waals surface area contributed by atoms with E-state index in [0.29, 0.717) is 11.3 Å². The molecule has 0 saturated carbocycles. The van der Waals surface area contributed by atoms with Crippen LogP contribution in [0.1, 0.15) is 12.4 Å². The number of aromatic nitrogens is 1. The molecular formula is C22H15IrN-2. The number of rotatable bonds is 2. The molecule has 0 N–H and O–H groups in total. The summed E-state index contributed by atoms with van der Waals surface area (Å²) in [6.07, 6.45) is 2.98. The van der Waals surface area contributed by atoms with E-state index in [0.717, 1.165) is 21.9 Å². The van der Waals surface area contributed by atoms with Gasteiger partial charge in [-0.05, 0) is 11.3 Å². The van der Waals surface area contributed by atoms with Crippen LogP contribution >= 0.6 is 0 Å². The standard InChI is InChI=1S/C22H15N.Ir/c1-16-14-19(15-23-22(16)18-9-3-2-4-10-18)21-13-7-11-17-8-5-6-12-20(17)21;/h2-12,14H,1H3;/q-2;/i2D,3D,4D,9D,10D;. The average Bonchev–Trinajstić information content (AvgIpc) is 2.71. The number of benzene rings is 3. The Hall–Kier alpha value is -2.28. The van der Waals surface area contributed by atoms with Crippen molar-refractivity contribution in [3.05, 3.63) is 90.5 Å². The van der Waals surface area contributed by atoms with Crippen LogP contribution in [-0.4, -0.2) is 4.98 Å². The fraction of sp³-hybridized carbons (Fsp3) is 0.0455. The number of hydrogen-bond acceptors (Lipinski definition) is 1. The zero-order valence-corrected chi connectivity index (χ0v) is 15.2. The smallest absolute Gasteiger partial charge is 0.0623 e. The van der Waals surface area contributed by atoms with E-state index >= 15 is 0 Å². The first kappa shape index (κ1) is 11.3. The summed E-state index contributed by atoms with van der Waals surface area (Å²) < 4.78 is 39.8. The Morgan fingerprint density at radius 3 is 2.62 bits per heavy atom. The van der Waals surface area contributed by atoms with Crippen LogP contribution < -0.4 is 0 Å². The molecule has 1 heterocycles. The Labute approximate surface area is 162 Å². The zero-order chi connectivity index (χ0) is 20.0. The van der Waals surface area contributed by atoms with E-state index in [1.165, 1.54) is 0 Å². The monoisotopic (exact) mass is 491 g/mol. The van der Waals surface area contributed by atoms with Gasteiger partial charge in [-0.3, -0.25) is 0 Å². The van der Waals surface area contributed by atoms with E-state index in [-0.39, 0.29) is 49.8 Å². The fourth-order valence-corrected chi connectivity index (χ4v) is 2.66. The molecule has 0 aliphatic heterocycles. The van der Waals surface area contributed by atoms with Crippen LogP contribution in [0.5, 0.6) is 0 Å². The first-order valence-corrected chi connectivity index (χ1v) is 7.26. The molecule has 0 spiro atoms. The van der Waals surface area contributed by atoms with Gasteiger partial charge in [0, 0.05) is 20.1 Å². The Bertz CT molecular complexity index is 1210. The molecule has 119 valence electrons. The third kappa shape index (κ3) is 3.03. The van der Waals surface area contributed by atoms with Crippen LogP contribution in [0, 0.1) is 19.2 Å². The second-order valence-corrected chi connectivity index (χ2v) is 5.25. The van der Waals surface area contributed by atoms with Crippen molar-refractivity contribution in [2.45, 2.75) is 6.92 Å². The molecule has 1 aromatic heterocycles. The molecule has 1 nitrogen and oxygen atoms in total. The first-order chi connectivity index (χ1) is 13.4. The Balaban J connectivity index is 0.00000240. The van der Waals surface area contributed by atoms with E-state index in [4.69, 9.17) is 6.85 Å². The van der Waals surface area contributed by atoms with E-state index in [2.05, 4.69) is 17.2 Å². The van der Waals surface area contributed by atoms with Gasteiger partial charge < -0.3 is 4.98 Å². The quantitative estimate of drug-likeness (QED) is 0.340. The van der Waals surface area contributed by atoms with E-state index in [1.807, 2.05) is 49.4 Å². The van der Waals surface area contributed by atoms with Gasteiger partial charge in [0.25, 0.3) is 0 Å². The molecule has 2 heteroatoms. The predicted molar refractivity (Wildman–Crippen MR) is 95.0 cm³/mol. The van der Waals surface area contributed by atoms with Crippen LogP contribution in [0.15, 0.2) is 72.7 Å². The van der Waals surface area contributed by atoms with Crippen LogP contribution in [0.4, 0.5) is 0 Å². The molecular weight excluding hydrogens is 470 g/mol. The van der Waals surface area contributed by atoms with Gasteiger partial charge >= 0.3 is 0 Å². The molecule has 0 fully saturated rings. The van der Waals surface area contributed by atoms with E-state index < -0.39 is 6.04 Å². The molecule has 0 unspecified atom stereocenters. The number of hydrogen-bond donors (Lipinski definition) is 0. The molecule has 0 atom stereocenters. The molecule has 0 saturated heterocycles. The van der Waals surface area contributed by atoms with Crippen molar-refractivity contribution >= 4 is 10.8 Å². The van der Waals surface area contributed by atoms with Crippen molar-refractivity contribution < 1.29 is 27.0 Å². The summed E-state index contributed by atoms with van der Waals surface area (Å²) in [5.74, 6) is 0. The fourth-order valence-electron chi connectivity index (χ4n) is 2.66. The van der Waals surface area contributed by atoms with Crippen molar-refractivity contribution in [3.8, 4) is 22.4 Å². The minimum Gasteiger partial charge on any atom is -0.362 e. The van der Waals surface area contributed by atoms with Crippen LogP contribution in [0.3, 0.4) is 0 Å². The predicted octanol–water partition coefficient (Wildman–Crippen LogP) is 5.48. The van der Waals surface area contributed by atoms with Crippen molar-refractivity contribution in [1.29, 1.82) is 0 Å². The Kier molecular flexibility index (Phi) is 3.34. The molecule has 0 aliphatic carbocycles. The molecule has 4 aromatic rings. The third-order valence-corrected chi connectivity index (χ3v) is 3.75. The molecule has 24 heavy (non-hydrogen) atoms. The molecule has 0 aliphatic rings. The second kappa shape index (κ2) is 7.09. The van der Waals surface area contributed by atoms with Crippen molar-refractivity contribution in [3.63, 3.8) is 0 Å². The Morgan fingerprint density at radius 2 is 1.83 bits per heavy atom. The van der Waals surface area contributed by atoms with Crippen molar-refractivity contribution in [1.82, 2.24) is 4.98 Å². The number of pyridine rings is 1. The van der Waals surface area contributed by atoms with Gasteiger partial charge in [-0.2, -0.15) is 18.2 Å². The first-order valence-electron chi connectivity index (χ1n) is 9.76. The van der Waals surface area contributed by atoms with Crippen LogP contribution in [-0.2, 0) is 20.1 Å². The van der Waals surface area contributed by atoms with Crippen molar-refractivity contribution in [2.24, 2.45) is 0 Å². The summed E-state index contributed by atoms with van der Waals surface area (Å²) in [7, 11) is 0. The molecule has 0 bridgehead atoms. The normalized spacial score (nSPS) is 13.3. The van der Waals surface area contributed by atoms with Gasteiger partial charge in [0.15, 0.2) is 0 Å². The maximum Gasteiger partial charge on any atom is 0.0623 e. The number of aryl methyl sites for hydroxylation is 1. The topological polar surface area (TPSA) is 12.9 Å². The molecule has 1 radical (unpaired) electrons. The summed E-state index contributed by atoms with van der Waals surface area (Å²) in [5, 5.41) is 2.11. The van der Waals surface area contributed by atoms with E-state index in [9.17, 15) is 0 Å². The van der Waals surface area contributed by atoms with E-state index in [1.54, 1.807) is 0 Å². The van der Waals surface area contributed by atoms with Crippen LogP contribution in [0.2, 0.25) is 0 Å².